The Morgan fingerprint density at radius 2 is 1.50 bits per heavy atom. The molecule has 3 rings (SSSR count). The maximum Gasteiger partial charge on any atom is 0.229 e. The lowest BCUT2D eigenvalue weighted by molar-refractivity contribution is -0.138. The highest BCUT2D eigenvalue weighted by Crippen LogP contribution is 2.20. The van der Waals surface area contributed by atoms with Crippen molar-refractivity contribution >= 4 is 27.4 Å². The highest BCUT2D eigenvalue weighted by atomic mass is 32.2. The summed E-state index contributed by atoms with van der Waals surface area (Å²) in [7, 11) is -3.50. The molecule has 0 saturated carbocycles. The van der Waals surface area contributed by atoms with E-state index in [-0.39, 0.29) is 47.0 Å². The fraction of sp³-hybridized carbons (Fsp3) is 0.348. The minimum atomic E-state index is -3.50. The molecule has 1 fully saturated rings. The van der Waals surface area contributed by atoms with Crippen LogP contribution in [0.2, 0.25) is 0 Å². The first-order chi connectivity index (χ1) is 14.3. The van der Waals surface area contributed by atoms with Gasteiger partial charge in [0.25, 0.3) is 0 Å². The van der Waals surface area contributed by atoms with E-state index in [2.05, 4.69) is 0 Å². The van der Waals surface area contributed by atoms with Crippen LogP contribution in [0.1, 0.15) is 48.5 Å². The Balaban J connectivity index is 1.56. The SMILES string of the molecule is CC(CCCN1C(=O)CCC1=O)CS(=O)(=O)c1ccc(C(=O)c2ccccc2)cc1. The Hall–Kier alpha value is -2.80. The summed E-state index contributed by atoms with van der Waals surface area (Å²) in [6.07, 6.45) is 1.72. The van der Waals surface area contributed by atoms with Gasteiger partial charge in [0.05, 0.1) is 10.6 Å². The molecule has 30 heavy (non-hydrogen) atoms. The lowest BCUT2D eigenvalue weighted by Crippen LogP contribution is -2.30. The summed E-state index contributed by atoms with van der Waals surface area (Å²) in [6, 6.07) is 14.9. The second-order valence-corrected chi connectivity index (χ2v) is 9.72. The molecule has 1 atom stereocenters. The fourth-order valence-electron chi connectivity index (χ4n) is 3.59. The van der Waals surface area contributed by atoms with Crippen LogP contribution in [0.4, 0.5) is 0 Å². The number of benzene rings is 2. The van der Waals surface area contributed by atoms with Crippen LogP contribution in [0.5, 0.6) is 0 Å². The highest BCUT2D eigenvalue weighted by Gasteiger charge is 2.28. The molecule has 1 unspecified atom stereocenters. The molecule has 0 radical (unpaired) electrons. The number of amides is 2. The minimum Gasteiger partial charge on any atom is -0.289 e. The summed E-state index contributed by atoms with van der Waals surface area (Å²) in [6.45, 7) is 2.19. The standard InChI is InChI=1S/C23H25NO5S/c1-17(6-5-15-24-21(25)13-14-22(24)26)16-30(28,29)20-11-9-19(10-12-20)23(27)18-7-3-2-4-8-18/h2-4,7-12,17H,5-6,13-16H2,1H3. The molecule has 158 valence electrons. The van der Waals surface area contributed by atoms with E-state index in [4.69, 9.17) is 0 Å². The summed E-state index contributed by atoms with van der Waals surface area (Å²) < 4.78 is 25.4. The number of hydrogen-bond acceptors (Lipinski definition) is 5. The van der Waals surface area contributed by atoms with Crippen molar-refractivity contribution < 1.29 is 22.8 Å². The zero-order valence-electron chi connectivity index (χ0n) is 16.9. The van der Waals surface area contributed by atoms with Gasteiger partial charge in [-0.25, -0.2) is 8.42 Å². The van der Waals surface area contributed by atoms with Gasteiger partial charge in [-0.1, -0.05) is 37.3 Å². The molecule has 0 spiro atoms. The average molecular weight is 428 g/mol. The van der Waals surface area contributed by atoms with Gasteiger partial charge < -0.3 is 0 Å². The van der Waals surface area contributed by atoms with Crippen LogP contribution >= 0.6 is 0 Å². The van der Waals surface area contributed by atoms with Crippen LogP contribution in [0.15, 0.2) is 59.5 Å². The Morgan fingerprint density at radius 3 is 2.10 bits per heavy atom. The number of hydrogen-bond donors (Lipinski definition) is 0. The quantitative estimate of drug-likeness (QED) is 0.453. The molecule has 0 aromatic heterocycles. The van der Waals surface area contributed by atoms with E-state index < -0.39 is 9.84 Å². The van der Waals surface area contributed by atoms with Gasteiger partial charge >= 0.3 is 0 Å². The predicted molar refractivity (Wildman–Crippen MR) is 113 cm³/mol. The van der Waals surface area contributed by atoms with Gasteiger partial charge in [-0.15, -0.1) is 0 Å². The summed E-state index contributed by atoms with van der Waals surface area (Å²) in [5.41, 5.74) is 0.991. The molecule has 1 saturated heterocycles. The molecule has 6 nitrogen and oxygen atoms in total. The average Bonchev–Trinajstić information content (AvgIpc) is 3.05. The Kier molecular flexibility index (Phi) is 6.82. The van der Waals surface area contributed by atoms with Gasteiger partial charge in [0, 0.05) is 30.5 Å². The van der Waals surface area contributed by atoms with E-state index in [0.717, 1.165) is 0 Å². The summed E-state index contributed by atoms with van der Waals surface area (Å²) in [5, 5.41) is 0. The van der Waals surface area contributed by atoms with Crippen LogP contribution in [-0.2, 0) is 19.4 Å². The number of imide groups is 1. The normalized spacial score (nSPS) is 15.4. The molecule has 0 N–H and O–H groups in total. The van der Waals surface area contributed by atoms with Crippen molar-refractivity contribution in [2.24, 2.45) is 5.92 Å². The number of likely N-dealkylation sites (tertiary alicyclic amines) is 1. The van der Waals surface area contributed by atoms with Crippen LogP contribution < -0.4 is 0 Å². The Morgan fingerprint density at radius 1 is 0.933 bits per heavy atom. The smallest absolute Gasteiger partial charge is 0.229 e. The fourth-order valence-corrected chi connectivity index (χ4v) is 5.25. The Labute approximate surface area is 176 Å². The van der Waals surface area contributed by atoms with Crippen LogP contribution in [0.25, 0.3) is 0 Å². The first-order valence-electron chi connectivity index (χ1n) is 10.0. The largest absolute Gasteiger partial charge is 0.289 e. The Bertz CT molecular complexity index is 1010. The zero-order chi connectivity index (χ0) is 21.7. The van der Waals surface area contributed by atoms with Gasteiger partial charge in [-0.3, -0.25) is 19.3 Å². The number of sulfone groups is 1. The van der Waals surface area contributed by atoms with E-state index in [0.29, 0.717) is 30.5 Å². The van der Waals surface area contributed by atoms with E-state index in [1.54, 1.807) is 24.3 Å². The molecule has 0 bridgehead atoms. The zero-order valence-corrected chi connectivity index (χ0v) is 17.7. The van der Waals surface area contributed by atoms with Gasteiger partial charge in [-0.05, 0) is 43.0 Å². The van der Waals surface area contributed by atoms with Crippen LogP contribution in [0, 0.1) is 5.92 Å². The summed E-state index contributed by atoms with van der Waals surface area (Å²) >= 11 is 0. The molecular formula is C23H25NO5S. The van der Waals surface area contributed by atoms with Gasteiger partial charge in [-0.2, -0.15) is 0 Å². The van der Waals surface area contributed by atoms with Crippen molar-refractivity contribution in [3.05, 3.63) is 65.7 Å². The van der Waals surface area contributed by atoms with Crippen molar-refractivity contribution in [3.63, 3.8) is 0 Å². The number of carbonyl (C=O) groups is 3. The maximum atomic E-state index is 12.7. The molecule has 7 heteroatoms. The van der Waals surface area contributed by atoms with Crippen molar-refractivity contribution in [2.75, 3.05) is 12.3 Å². The van der Waals surface area contributed by atoms with Gasteiger partial charge in [0.1, 0.15) is 0 Å². The van der Waals surface area contributed by atoms with Crippen LogP contribution in [0.3, 0.4) is 0 Å². The molecule has 0 aliphatic carbocycles. The second kappa shape index (κ2) is 9.34. The van der Waals surface area contributed by atoms with E-state index in [9.17, 15) is 22.8 Å². The van der Waals surface area contributed by atoms with Crippen molar-refractivity contribution in [1.29, 1.82) is 0 Å². The van der Waals surface area contributed by atoms with E-state index in [1.165, 1.54) is 29.2 Å². The summed E-state index contributed by atoms with van der Waals surface area (Å²) in [4.78, 5) is 37.2. The van der Waals surface area contributed by atoms with Crippen molar-refractivity contribution in [2.45, 2.75) is 37.5 Å². The molecule has 1 aliphatic heterocycles. The molecule has 2 aromatic rings. The van der Waals surface area contributed by atoms with E-state index >= 15 is 0 Å². The molecular weight excluding hydrogens is 402 g/mol. The topological polar surface area (TPSA) is 88.6 Å². The molecule has 1 aliphatic rings. The molecule has 1 heterocycles. The van der Waals surface area contributed by atoms with E-state index in [1.807, 2.05) is 13.0 Å². The van der Waals surface area contributed by atoms with Crippen molar-refractivity contribution in [3.8, 4) is 0 Å². The maximum absolute atomic E-state index is 12.7. The number of ketones is 1. The monoisotopic (exact) mass is 427 g/mol. The lowest BCUT2D eigenvalue weighted by Gasteiger charge is -2.16. The second-order valence-electron chi connectivity index (χ2n) is 7.69. The number of nitrogens with zero attached hydrogens (tertiary/aromatic N) is 1. The lowest BCUT2D eigenvalue weighted by atomic mass is 10.0. The van der Waals surface area contributed by atoms with Crippen LogP contribution in [-0.4, -0.2) is 43.2 Å². The van der Waals surface area contributed by atoms with Crippen molar-refractivity contribution in [1.82, 2.24) is 4.90 Å². The van der Waals surface area contributed by atoms with Gasteiger partial charge in [0.15, 0.2) is 15.6 Å². The van der Waals surface area contributed by atoms with Gasteiger partial charge in [0.2, 0.25) is 11.8 Å². The third-order valence-corrected chi connectivity index (χ3v) is 7.25. The molecule has 2 aromatic carbocycles. The highest BCUT2D eigenvalue weighted by molar-refractivity contribution is 7.91. The first kappa shape index (κ1) is 21.9. The number of carbonyl (C=O) groups excluding carboxylic acids is 3. The minimum absolute atomic E-state index is 0.0269. The third-order valence-electron chi connectivity index (χ3n) is 5.25. The third kappa shape index (κ3) is 5.21. The molecule has 2 amide bonds. The summed E-state index contributed by atoms with van der Waals surface area (Å²) in [5.74, 6) is -0.593. The predicted octanol–water partition coefficient (Wildman–Crippen LogP) is 3.26. The number of rotatable bonds is 9. The first-order valence-corrected chi connectivity index (χ1v) is 11.7.